The van der Waals surface area contributed by atoms with E-state index in [0.29, 0.717) is 5.69 Å². The first kappa shape index (κ1) is 14.4. The van der Waals surface area contributed by atoms with E-state index in [-0.39, 0.29) is 6.54 Å². The number of thiazole rings is 1. The molecule has 8 heteroatoms. The van der Waals surface area contributed by atoms with Gasteiger partial charge < -0.3 is 10.4 Å². The zero-order valence-corrected chi connectivity index (χ0v) is 11.3. The quantitative estimate of drug-likeness (QED) is 0.893. The van der Waals surface area contributed by atoms with Crippen molar-refractivity contribution in [3.05, 3.63) is 28.6 Å². The summed E-state index contributed by atoms with van der Waals surface area (Å²) in [6.45, 7) is -0.329. The summed E-state index contributed by atoms with van der Waals surface area (Å²) in [6.07, 6.45) is -6.93. The molecule has 104 valence electrons. The van der Waals surface area contributed by atoms with Crippen LogP contribution in [0.15, 0.2) is 22.9 Å². The Labute approximate surface area is 115 Å². The Morgan fingerprint density at radius 2 is 2.16 bits per heavy atom. The van der Waals surface area contributed by atoms with Crippen LogP contribution in [0.1, 0.15) is 5.69 Å². The van der Waals surface area contributed by atoms with Gasteiger partial charge in [0.25, 0.3) is 0 Å². The van der Waals surface area contributed by atoms with E-state index in [1.165, 1.54) is 11.3 Å². The van der Waals surface area contributed by atoms with E-state index < -0.39 is 18.8 Å². The highest BCUT2D eigenvalue weighted by atomic mass is 32.1. The minimum Gasteiger partial charge on any atom is -0.382 e. The Kier molecular flexibility index (Phi) is 4.56. The molecule has 3 nitrogen and oxygen atoms in total. The number of alkyl halides is 3. The Hall–Kier alpha value is -0.960. The molecule has 0 bridgehead atoms. The van der Waals surface area contributed by atoms with Gasteiger partial charge in [-0.3, -0.25) is 0 Å². The molecule has 2 N–H and O–H groups in total. The lowest BCUT2D eigenvalue weighted by Gasteiger charge is -2.14. The third-order valence-corrected chi connectivity index (χ3v) is 4.24. The summed E-state index contributed by atoms with van der Waals surface area (Å²) in [4.78, 5) is 5.35. The van der Waals surface area contributed by atoms with Crippen LogP contribution in [-0.4, -0.2) is 28.9 Å². The average molecular weight is 308 g/mol. The van der Waals surface area contributed by atoms with Crippen LogP contribution in [-0.2, 0) is 6.54 Å². The number of halogens is 3. The zero-order valence-electron chi connectivity index (χ0n) is 9.65. The van der Waals surface area contributed by atoms with Crippen LogP contribution in [0.3, 0.4) is 0 Å². The van der Waals surface area contributed by atoms with E-state index in [2.05, 4.69) is 10.3 Å². The number of rotatable bonds is 5. The molecule has 0 aliphatic carbocycles. The highest BCUT2D eigenvalue weighted by Crippen LogP contribution is 2.27. The van der Waals surface area contributed by atoms with Crippen LogP contribution < -0.4 is 5.32 Å². The molecule has 0 unspecified atom stereocenters. The van der Waals surface area contributed by atoms with Gasteiger partial charge in [-0.15, -0.1) is 22.7 Å². The minimum atomic E-state index is -4.59. The Bertz CT molecular complexity index is 510. The van der Waals surface area contributed by atoms with Crippen molar-refractivity contribution in [1.29, 1.82) is 0 Å². The molecule has 1 atom stereocenters. The fraction of sp³-hybridized carbons (Fsp3) is 0.364. The second-order valence-electron chi connectivity index (χ2n) is 3.81. The van der Waals surface area contributed by atoms with Crippen LogP contribution in [0.4, 0.5) is 13.2 Å². The molecule has 0 saturated carbocycles. The second kappa shape index (κ2) is 6.00. The molecule has 0 aliphatic heterocycles. The smallest absolute Gasteiger partial charge is 0.382 e. The molecule has 0 spiro atoms. The SMILES string of the molecule is O[C@@H](CNCc1csc(-c2cccs2)n1)C(F)(F)F. The molecule has 2 aromatic rings. The number of hydrogen-bond donors (Lipinski definition) is 2. The first-order chi connectivity index (χ1) is 8.97. The molecule has 19 heavy (non-hydrogen) atoms. The first-order valence-corrected chi connectivity index (χ1v) is 7.16. The van der Waals surface area contributed by atoms with Crippen LogP contribution in [0.5, 0.6) is 0 Å². The molecule has 0 radical (unpaired) electrons. The van der Waals surface area contributed by atoms with Gasteiger partial charge in [-0.2, -0.15) is 13.2 Å². The van der Waals surface area contributed by atoms with Crippen LogP contribution in [0.2, 0.25) is 0 Å². The lowest BCUT2D eigenvalue weighted by molar-refractivity contribution is -0.201. The average Bonchev–Trinajstić information content (AvgIpc) is 2.97. The van der Waals surface area contributed by atoms with Crippen LogP contribution in [0, 0.1) is 0 Å². The molecule has 0 aliphatic rings. The fourth-order valence-corrected chi connectivity index (χ4v) is 2.99. The molecule has 2 aromatic heterocycles. The van der Waals surface area contributed by atoms with Gasteiger partial charge in [0.05, 0.1) is 10.6 Å². The summed E-state index contributed by atoms with van der Waals surface area (Å²) in [5.41, 5.74) is 0.669. The molecule has 0 fully saturated rings. The number of aliphatic hydroxyl groups is 1. The van der Waals surface area contributed by atoms with E-state index in [0.717, 1.165) is 9.88 Å². The largest absolute Gasteiger partial charge is 0.415 e. The summed E-state index contributed by atoms with van der Waals surface area (Å²) >= 11 is 3.01. The monoisotopic (exact) mass is 308 g/mol. The Balaban J connectivity index is 1.85. The van der Waals surface area contributed by atoms with Gasteiger partial charge in [0.2, 0.25) is 0 Å². The van der Waals surface area contributed by atoms with Gasteiger partial charge in [0.15, 0.2) is 6.10 Å². The maximum atomic E-state index is 12.1. The number of thiophene rings is 1. The van der Waals surface area contributed by atoms with Crippen molar-refractivity contribution >= 4 is 22.7 Å². The van der Waals surface area contributed by atoms with Crippen molar-refractivity contribution in [3.8, 4) is 9.88 Å². The summed E-state index contributed by atoms with van der Waals surface area (Å²) in [7, 11) is 0. The van der Waals surface area contributed by atoms with Crippen LogP contribution in [0.25, 0.3) is 9.88 Å². The Morgan fingerprint density at radius 3 is 2.79 bits per heavy atom. The lowest BCUT2D eigenvalue weighted by Crippen LogP contribution is -2.38. The molecule has 0 amide bonds. The number of nitrogens with one attached hydrogen (secondary N) is 1. The van der Waals surface area contributed by atoms with Gasteiger partial charge in [-0.25, -0.2) is 4.98 Å². The van der Waals surface area contributed by atoms with Gasteiger partial charge in [-0.05, 0) is 11.4 Å². The minimum absolute atomic E-state index is 0.203. The van der Waals surface area contributed by atoms with Crippen LogP contribution >= 0.6 is 22.7 Å². The first-order valence-electron chi connectivity index (χ1n) is 5.40. The van der Waals surface area contributed by atoms with Crippen molar-refractivity contribution in [2.45, 2.75) is 18.8 Å². The lowest BCUT2D eigenvalue weighted by atomic mass is 10.3. The molecular weight excluding hydrogens is 297 g/mol. The topological polar surface area (TPSA) is 45.1 Å². The maximum Gasteiger partial charge on any atom is 0.415 e. The van der Waals surface area contributed by atoms with Gasteiger partial charge in [-0.1, -0.05) is 6.07 Å². The van der Waals surface area contributed by atoms with E-state index in [9.17, 15) is 13.2 Å². The molecule has 0 saturated heterocycles. The van der Waals surface area contributed by atoms with Crippen molar-refractivity contribution in [2.24, 2.45) is 0 Å². The highest BCUT2D eigenvalue weighted by Gasteiger charge is 2.37. The number of aliphatic hydroxyl groups excluding tert-OH is 1. The van der Waals surface area contributed by atoms with E-state index in [1.807, 2.05) is 17.5 Å². The fourth-order valence-electron chi connectivity index (χ4n) is 1.35. The summed E-state index contributed by atoms with van der Waals surface area (Å²) in [5.74, 6) is 0. The van der Waals surface area contributed by atoms with Crippen molar-refractivity contribution in [1.82, 2.24) is 10.3 Å². The van der Waals surface area contributed by atoms with Gasteiger partial charge in [0, 0.05) is 18.5 Å². The molecule has 0 aromatic carbocycles. The predicted octanol–water partition coefficient (Wildman–Crippen LogP) is 2.88. The number of hydrogen-bond acceptors (Lipinski definition) is 5. The van der Waals surface area contributed by atoms with Crippen molar-refractivity contribution < 1.29 is 18.3 Å². The molecule has 2 heterocycles. The van der Waals surface area contributed by atoms with E-state index in [1.54, 1.807) is 16.7 Å². The third kappa shape index (κ3) is 4.00. The summed E-state index contributed by atoms with van der Waals surface area (Å²) < 4.78 is 36.2. The Morgan fingerprint density at radius 1 is 1.37 bits per heavy atom. The molecule has 2 rings (SSSR count). The number of nitrogens with zero attached hydrogens (tertiary/aromatic N) is 1. The van der Waals surface area contributed by atoms with Crippen molar-refractivity contribution in [3.63, 3.8) is 0 Å². The zero-order chi connectivity index (χ0) is 13.9. The van der Waals surface area contributed by atoms with Crippen molar-refractivity contribution in [2.75, 3.05) is 6.54 Å². The van der Waals surface area contributed by atoms with E-state index in [4.69, 9.17) is 5.11 Å². The summed E-state index contributed by atoms with van der Waals surface area (Å²) in [5, 5.41) is 15.9. The van der Waals surface area contributed by atoms with Gasteiger partial charge in [0.1, 0.15) is 5.01 Å². The van der Waals surface area contributed by atoms with Gasteiger partial charge >= 0.3 is 6.18 Å². The van der Waals surface area contributed by atoms with E-state index >= 15 is 0 Å². The summed E-state index contributed by atoms with van der Waals surface area (Å²) in [6, 6.07) is 3.85. The normalized spacial score (nSPS) is 13.7. The number of aromatic nitrogens is 1. The molecular formula is C11H11F3N2OS2. The standard InChI is InChI=1S/C11H11F3N2OS2/c12-11(13,14)9(17)5-15-4-7-6-19-10(16-7)8-2-1-3-18-8/h1-3,6,9,15,17H,4-5H2/t9-/m0/s1. The maximum absolute atomic E-state index is 12.1. The third-order valence-electron chi connectivity index (χ3n) is 2.31. The highest BCUT2D eigenvalue weighted by molar-refractivity contribution is 7.20. The second-order valence-corrected chi connectivity index (χ2v) is 5.62. The predicted molar refractivity (Wildman–Crippen MR) is 69.2 cm³/mol.